The Morgan fingerprint density at radius 3 is 2.50 bits per heavy atom. The van der Waals surface area contributed by atoms with Crippen molar-refractivity contribution in [3.63, 3.8) is 0 Å². The summed E-state index contributed by atoms with van der Waals surface area (Å²) >= 11 is 0. The zero-order valence-corrected chi connectivity index (χ0v) is 17.2. The number of nitrogens with zero attached hydrogens (tertiary/aromatic N) is 3. The van der Waals surface area contributed by atoms with Gasteiger partial charge in [0, 0.05) is 37.6 Å². The van der Waals surface area contributed by atoms with E-state index in [0.29, 0.717) is 18.8 Å². The summed E-state index contributed by atoms with van der Waals surface area (Å²) in [6.45, 7) is 4.63. The fourth-order valence-corrected chi connectivity index (χ4v) is 4.43. The molecule has 1 aromatic heterocycles. The van der Waals surface area contributed by atoms with Crippen LogP contribution in [-0.2, 0) is 4.74 Å². The van der Waals surface area contributed by atoms with Gasteiger partial charge in [-0.3, -0.25) is 4.90 Å². The number of ether oxygens (including phenoxy) is 2. The number of aliphatic hydroxyl groups excluding tert-OH is 1. The van der Waals surface area contributed by atoms with Gasteiger partial charge in [-0.25, -0.2) is 9.97 Å². The lowest BCUT2D eigenvalue weighted by molar-refractivity contribution is -0.0528. The monoisotopic (exact) mass is 405 g/mol. The molecule has 3 atom stereocenters. The zero-order chi connectivity index (χ0) is 20.5. The standard InChI is InChI=1S/C24H27N3O3/c1-16-25-10-20(11-26-16)18-2-3-19-9-22(5-4-17(19)8-18)29-15-21(28)12-27-13-23-6-7-24(14-27)30-23/h2-5,8-11,21,23-24,28H,6-7,12-15H2,1H3/t21?,23-,24+. The van der Waals surface area contributed by atoms with E-state index < -0.39 is 6.10 Å². The Hall–Kier alpha value is -2.54. The average Bonchev–Trinajstić information content (AvgIpc) is 3.10. The number of aryl methyl sites for hydroxylation is 1. The van der Waals surface area contributed by atoms with Gasteiger partial charge in [-0.2, -0.15) is 0 Å². The summed E-state index contributed by atoms with van der Waals surface area (Å²) in [7, 11) is 0. The van der Waals surface area contributed by atoms with Gasteiger partial charge in [0.05, 0.1) is 12.2 Å². The van der Waals surface area contributed by atoms with E-state index in [2.05, 4.69) is 39.1 Å². The third kappa shape index (κ3) is 4.31. The number of rotatable bonds is 6. The molecule has 156 valence electrons. The number of likely N-dealkylation sites (tertiary alicyclic amines) is 1. The highest BCUT2D eigenvalue weighted by Gasteiger charge is 2.34. The summed E-state index contributed by atoms with van der Waals surface area (Å²) < 4.78 is 11.7. The van der Waals surface area contributed by atoms with Crippen LogP contribution >= 0.6 is 0 Å². The predicted molar refractivity (Wildman–Crippen MR) is 116 cm³/mol. The third-order valence-corrected chi connectivity index (χ3v) is 5.96. The van der Waals surface area contributed by atoms with E-state index in [0.717, 1.165) is 59.4 Å². The van der Waals surface area contributed by atoms with E-state index in [4.69, 9.17) is 9.47 Å². The van der Waals surface area contributed by atoms with Crippen LogP contribution in [0.2, 0.25) is 0 Å². The summed E-state index contributed by atoms with van der Waals surface area (Å²) in [5.41, 5.74) is 2.09. The Balaban J connectivity index is 1.21. The Morgan fingerprint density at radius 1 is 1.03 bits per heavy atom. The molecule has 2 saturated heterocycles. The number of aromatic nitrogens is 2. The van der Waals surface area contributed by atoms with Crippen LogP contribution in [0.4, 0.5) is 0 Å². The molecule has 0 amide bonds. The first-order chi connectivity index (χ1) is 14.6. The molecule has 1 unspecified atom stereocenters. The molecule has 0 radical (unpaired) electrons. The van der Waals surface area contributed by atoms with Crippen LogP contribution in [0.3, 0.4) is 0 Å². The number of morpholine rings is 1. The smallest absolute Gasteiger partial charge is 0.125 e. The van der Waals surface area contributed by atoms with Gasteiger partial charge in [-0.15, -0.1) is 0 Å². The minimum Gasteiger partial charge on any atom is -0.491 e. The number of benzene rings is 2. The fraction of sp³-hybridized carbons (Fsp3) is 0.417. The lowest BCUT2D eigenvalue weighted by Gasteiger charge is -2.33. The van der Waals surface area contributed by atoms with Crippen LogP contribution in [0.1, 0.15) is 18.7 Å². The lowest BCUT2D eigenvalue weighted by atomic mass is 10.0. The molecule has 6 nitrogen and oxygen atoms in total. The van der Waals surface area contributed by atoms with Crippen molar-refractivity contribution >= 4 is 10.8 Å². The molecule has 30 heavy (non-hydrogen) atoms. The van der Waals surface area contributed by atoms with Crippen molar-refractivity contribution in [2.45, 2.75) is 38.1 Å². The van der Waals surface area contributed by atoms with Crippen LogP contribution < -0.4 is 4.74 Å². The fourth-order valence-electron chi connectivity index (χ4n) is 4.43. The molecule has 2 fully saturated rings. The quantitative estimate of drug-likeness (QED) is 0.679. The molecule has 0 aliphatic carbocycles. The highest BCUT2D eigenvalue weighted by molar-refractivity contribution is 5.88. The van der Waals surface area contributed by atoms with Gasteiger partial charge in [0.2, 0.25) is 0 Å². The Kier molecular flexibility index (Phi) is 5.37. The molecule has 1 N–H and O–H groups in total. The van der Waals surface area contributed by atoms with Gasteiger partial charge in [0.15, 0.2) is 0 Å². The van der Waals surface area contributed by atoms with Crippen molar-refractivity contribution in [3.8, 4) is 16.9 Å². The lowest BCUT2D eigenvalue weighted by Crippen LogP contribution is -2.46. The highest BCUT2D eigenvalue weighted by Crippen LogP contribution is 2.28. The molecule has 6 heteroatoms. The average molecular weight is 405 g/mol. The van der Waals surface area contributed by atoms with Crippen LogP contribution in [0, 0.1) is 6.92 Å². The van der Waals surface area contributed by atoms with Gasteiger partial charge >= 0.3 is 0 Å². The first-order valence-corrected chi connectivity index (χ1v) is 10.6. The van der Waals surface area contributed by atoms with Crippen molar-refractivity contribution in [2.24, 2.45) is 0 Å². The second-order valence-corrected chi connectivity index (χ2v) is 8.38. The maximum absolute atomic E-state index is 10.4. The third-order valence-electron chi connectivity index (χ3n) is 5.96. The van der Waals surface area contributed by atoms with E-state index in [9.17, 15) is 5.11 Å². The minimum absolute atomic E-state index is 0.289. The topological polar surface area (TPSA) is 67.7 Å². The largest absolute Gasteiger partial charge is 0.491 e. The molecule has 2 aromatic carbocycles. The predicted octanol–water partition coefficient (Wildman–Crippen LogP) is 3.21. The van der Waals surface area contributed by atoms with Crippen molar-refractivity contribution in [1.82, 2.24) is 14.9 Å². The summed E-state index contributed by atoms with van der Waals surface area (Å²) in [5, 5.41) is 12.7. The van der Waals surface area contributed by atoms with E-state index >= 15 is 0 Å². The molecule has 0 saturated carbocycles. The minimum atomic E-state index is -0.512. The molecule has 2 aliphatic heterocycles. The summed E-state index contributed by atoms with van der Waals surface area (Å²) in [5.74, 6) is 1.54. The Labute approximate surface area is 176 Å². The van der Waals surface area contributed by atoms with Gasteiger partial charge in [-0.05, 0) is 54.3 Å². The van der Waals surface area contributed by atoms with E-state index in [-0.39, 0.29) is 6.61 Å². The number of aliphatic hydroxyl groups is 1. The SMILES string of the molecule is Cc1ncc(-c2ccc3cc(OCC(O)CN4C[C@H]5CC[C@@H](C4)O5)ccc3c2)cn1. The van der Waals surface area contributed by atoms with E-state index in [1.54, 1.807) is 0 Å². The van der Waals surface area contributed by atoms with Gasteiger partial charge < -0.3 is 14.6 Å². The van der Waals surface area contributed by atoms with E-state index in [1.807, 2.05) is 31.5 Å². The zero-order valence-electron chi connectivity index (χ0n) is 17.2. The Bertz CT molecular complexity index is 1010. The second kappa shape index (κ2) is 8.30. The van der Waals surface area contributed by atoms with Crippen molar-refractivity contribution in [3.05, 3.63) is 54.6 Å². The molecule has 2 bridgehead atoms. The normalized spacial score (nSPS) is 22.3. The maximum atomic E-state index is 10.4. The van der Waals surface area contributed by atoms with Crippen molar-refractivity contribution in [1.29, 1.82) is 0 Å². The van der Waals surface area contributed by atoms with Crippen LogP contribution in [0.15, 0.2) is 48.8 Å². The van der Waals surface area contributed by atoms with Crippen molar-refractivity contribution < 1.29 is 14.6 Å². The molecule has 3 aromatic rings. The molecular formula is C24H27N3O3. The Morgan fingerprint density at radius 2 is 1.73 bits per heavy atom. The van der Waals surface area contributed by atoms with E-state index in [1.165, 1.54) is 0 Å². The molecule has 3 heterocycles. The van der Waals surface area contributed by atoms with Gasteiger partial charge in [0.1, 0.15) is 24.3 Å². The van der Waals surface area contributed by atoms with Crippen LogP contribution in [-0.4, -0.2) is 64.5 Å². The van der Waals surface area contributed by atoms with Crippen molar-refractivity contribution in [2.75, 3.05) is 26.2 Å². The first kappa shape index (κ1) is 19.4. The summed E-state index contributed by atoms with van der Waals surface area (Å²) in [6.07, 6.45) is 6.15. The number of fused-ring (bicyclic) bond motifs is 3. The van der Waals surface area contributed by atoms with Crippen LogP contribution in [0.25, 0.3) is 21.9 Å². The second-order valence-electron chi connectivity index (χ2n) is 8.38. The van der Waals surface area contributed by atoms with Crippen LogP contribution in [0.5, 0.6) is 5.75 Å². The number of hydrogen-bond donors (Lipinski definition) is 1. The molecule has 0 spiro atoms. The number of β-amino-alcohol motifs (C(OH)–C–C–N with tert-alkyl or cyclic N) is 1. The maximum Gasteiger partial charge on any atom is 0.125 e. The van der Waals surface area contributed by atoms with Gasteiger partial charge in [0.25, 0.3) is 0 Å². The number of hydrogen-bond acceptors (Lipinski definition) is 6. The molecule has 2 aliphatic rings. The van der Waals surface area contributed by atoms with Gasteiger partial charge in [-0.1, -0.05) is 18.2 Å². The molecular weight excluding hydrogens is 378 g/mol. The molecule has 5 rings (SSSR count). The summed E-state index contributed by atoms with van der Waals surface area (Å²) in [4.78, 5) is 10.9. The summed E-state index contributed by atoms with van der Waals surface area (Å²) in [6, 6.07) is 12.3. The highest BCUT2D eigenvalue weighted by atomic mass is 16.5. The first-order valence-electron chi connectivity index (χ1n) is 10.6.